The van der Waals surface area contributed by atoms with E-state index in [0.717, 1.165) is 10.5 Å². The Labute approximate surface area is 69.6 Å². The van der Waals surface area contributed by atoms with Crippen LogP contribution in [0.3, 0.4) is 0 Å². The molecule has 1 fully saturated rings. The smallest absolute Gasteiger partial charge is 0.102 e. The van der Waals surface area contributed by atoms with Crippen molar-refractivity contribution < 1.29 is 16.9 Å². The zero-order valence-electron chi connectivity index (χ0n) is 7.02. The molecule has 0 spiro atoms. The van der Waals surface area contributed by atoms with Crippen molar-refractivity contribution in [3.05, 3.63) is 0 Å². The van der Waals surface area contributed by atoms with E-state index in [1.54, 1.807) is 0 Å². The Kier molecular flexibility index (Phi) is 3.63. The first-order valence-corrected chi connectivity index (χ1v) is 3.62. The largest absolute Gasteiger partial charge is 1.00 e. The zero-order valence-corrected chi connectivity index (χ0v) is 7.78. The first-order valence-electron chi connectivity index (χ1n) is 3.62. The summed E-state index contributed by atoms with van der Waals surface area (Å²) in [6, 6.07) is 0.838. The number of nitrogens with one attached hydrogen (secondary N) is 1. The molecule has 62 valence electrons. The van der Waals surface area contributed by atoms with E-state index in [-0.39, 0.29) is 12.4 Å². The SMILES string of the molecule is C[N+](C)(C)C1CCNC1.[Cl-]. The second-order valence-corrected chi connectivity index (χ2v) is 3.76. The summed E-state index contributed by atoms with van der Waals surface area (Å²) >= 11 is 0. The molecule has 1 unspecified atom stereocenters. The van der Waals surface area contributed by atoms with Crippen LogP contribution in [0.1, 0.15) is 6.42 Å². The van der Waals surface area contributed by atoms with Gasteiger partial charge in [0, 0.05) is 19.5 Å². The van der Waals surface area contributed by atoms with Gasteiger partial charge in [-0.1, -0.05) is 0 Å². The molecule has 0 aromatic heterocycles. The van der Waals surface area contributed by atoms with Gasteiger partial charge in [0.25, 0.3) is 0 Å². The molecule has 0 bridgehead atoms. The standard InChI is InChI=1S/C7H17N2.ClH/c1-9(2,3)7-4-5-8-6-7;/h7-8H,4-6H2,1-3H3;1H/q+1;/p-1. The van der Waals surface area contributed by atoms with E-state index >= 15 is 0 Å². The summed E-state index contributed by atoms with van der Waals surface area (Å²) in [5, 5.41) is 3.36. The number of halogens is 1. The Morgan fingerprint density at radius 3 is 2.10 bits per heavy atom. The van der Waals surface area contributed by atoms with Crippen LogP contribution < -0.4 is 17.7 Å². The molecule has 0 aromatic carbocycles. The molecule has 0 saturated carbocycles. The van der Waals surface area contributed by atoms with Crippen LogP contribution in [0, 0.1) is 0 Å². The van der Waals surface area contributed by atoms with Crippen LogP contribution in [-0.2, 0) is 0 Å². The predicted molar refractivity (Wildman–Crippen MR) is 39.3 cm³/mol. The van der Waals surface area contributed by atoms with Crippen LogP contribution in [0.4, 0.5) is 0 Å². The van der Waals surface area contributed by atoms with Gasteiger partial charge in [-0.15, -0.1) is 0 Å². The average molecular weight is 165 g/mol. The van der Waals surface area contributed by atoms with Crippen LogP contribution in [0.2, 0.25) is 0 Å². The fourth-order valence-corrected chi connectivity index (χ4v) is 1.30. The molecule has 0 aromatic rings. The van der Waals surface area contributed by atoms with Crippen molar-refractivity contribution in [1.82, 2.24) is 5.32 Å². The van der Waals surface area contributed by atoms with E-state index in [1.807, 2.05) is 0 Å². The van der Waals surface area contributed by atoms with Crippen molar-refractivity contribution in [2.45, 2.75) is 12.5 Å². The van der Waals surface area contributed by atoms with Gasteiger partial charge in [0.2, 0.25) is 0 Å². The highest BCUT2D eigenvalue weighted by atomic mass is 35.5. The van der Waals surface area contributed by atoms with E-state index in [4.69, 9.17) is 0 Å². The molecule has 1 heterocycles. The lowest BCUT2D eigenvalue weighted by Gasteiger charge is -2.30. The summed E-state index contributed by atoms with van der Waals surface area (Å²) < 4.78 is 1.10. The molecule has 0 aliphatic carbocycles. The topological polar surface area (TPSA) is 12.0 Å². The minimum atomic E-state index is 0. The normalized spacial score (nSPS) is 26.1. The van der Waals surface area contributed by atoms with Gasteiger partial charge in [-0.3, -0.25) is 0 Å². The first-order chi connectivity index (χ1) is 4.11. The Bertz CT molecular complexity index is 92.3. The van der Waals surface area contributed by atoms with Crippen LogP contribution in [0.5, 0.6) is 0 Å². The minimum Gasteiger partial charge on any atom is -1.00 e. The second-order valence-electron chi connectivity index (χ2n) is 3.76. The summed E-state index contributed by atoms with van der Waals surface area (Å²) in [6.07, 6.45) is 1.34. The van der Waals surface area contributed by atoms with Crippen molar-refractivity contribution in [2.24, 2.45) is 0 Å². The molecule has 0 amide bonds. The summed E-state index contributed by atoms with van der Waals surface area (Å²) in [6.45, 7) is 2.41. The van der Waals surface area contributed by atoms with Crippen molar-refractivity contribution in [2.75, 3.05) is 34.2 Å². The molecule has 1 aliphatic rings. The summed E-state index contributed by atoms with van der Waals surface area (Å²) in [5.41, 5.74) is 0. The number of quaternary nitrogens is 1. The maximum Gasteiger partial charge on any atom is 0.102 e. The molecule has 2 nitrogen and oxygen atoms in total. The molecule has 1 rings (SSSR count). The van der Waals surface area contributed by atoms with Crippen LogP contribution >= 0.6 is 0 Å². The lowest BCUT2D eigenvalue weighted by atomic mass is 10.2. The van der Waals surface area contributed by atoms with Gasteiger partial charge >= 0.3 is 0 Å². The number of hydrogen-bond donors (Lipinski definition) is 1. The Hall–Kier alpha value is 0.210. The van der Waals surface area contributed by atoms with E-state index in [9.17, 15) is 0 Å². The molecule has 1 saturated heterocycles. The van der Waals surface area contributed by atoms with Crippen LogP contribution in [0.25, 0.3) is 0 Å². The third kappa shape index (κ3) is 2.45. The number of hydrogen-bond acceptors (Lipinski definition) is 1. The molecule has 3 heteroatoms. The fraction of sp³-hybridized carbons (Fsp3) is 1.00. The Balaban J connectivity index is 0.000000810. The highest BCUT2D eigenvalue weighted by Crippen LogP contribution is 2.09. The van der Waals surface area contributed by atoms with Crippen molar-refractivity contribution in [3.8, 4) is 0 Å². The van der Waals surface area contributed by atoms with Crippen molar-refractivity contribution >= 4 is 0 Å². The second kappa shape index (κ2) is 3.56. The van der Waals surface area contributed by atoms with Gasteiger partial charge in [0.05, 0.1) is 21.1 Å². The number of rotatable bonds is 1. The molecular formula is C7H17ClN2. The molecule has 1 atom stereocenters. The third-order valence-electron chi connectivity index (χ3n) is 2.13. The molecular weight excluding hydrogens is 148 g/mol. The quantitative estimate of drug-likeness (QED) is 0.409. The van der Waals surface area contributed by atoms with Crippen LogP contribution in [-0.4, -0.2) is 44.8 Å². The highest BCUT2D eigenvalue weighted by Gasteiger charge is 2.26. The number of likely N-dealkylation sites (N-methyl/N-ethyl adjacent to an activating group) is 1. The summed E-state index contributed by atoms with van der Waals surface area (Å²) in [5.74, 6) is 0. The summed E-state index contributed by atoms with van der Waals surface area (Å²) in [7, 11) is 6.78. The van der Waals surface area contributed by atoms with E-state index in [1.165, 1.54) is 19.5 Å². The van der Waals surface area contributed by atoms with E-state index in [0.29, 0.717) is 0 Å². The predicted octanol–water partition coefficient (Wildman–Crippen LogP) is -2.94. The fourth-order valence-electron chi connectivity index (χ4n) is 1.30. The highest BCUT2D eigenvalue weighted by molar-refractivity contribution is 4.70. The van der Waals surface area contributed by atoms with Gasteiger partial charge in [-0.05, 0) is 0 Å². The Morgan fingerprint density at radius 1 is 1.30 bits per heavy atom. The van der Waals surface area contributed by atoms with E-state index in [2.05, 4.69) is 26.5 Å². The Morgan fingerprint density at radius 2 is 1.90 bits per heavy atom. The zero-order chi connectivity index (χ0) is 6.91. The third-order valence-corrected chi connectivity index (χ3v) is 2.13. The van der Waals surface area contributed by atoms with Crippen molar-refractivity contribution in [1.29, 1.82) is 0 Å². The maximum absolute atomic E-state index is 3.36. The molecule has 10 heavy (non-hydrogen) atoms. The monoisotopic (exact) mass is 164 g/mol. The summed E-state index contributed by atoms with van der Waals surface area (Å²) in [4.78, 5) is 0. The maximum atomic E-state index is 3.36. The lowest BCUT2D eigenvalue weighted by Crippen LogP contribution is -3.00. The van der Waals surface area contributed by atoms with Gasteiger partial charge in [0.15, 0.2) is 0 Å². The minimum absolute atomic E-state index is 0. The van der Waals surface area contributed by atoms with Gasteiger partial charge < -0.3 is 22.2 Å². The molecule has 1 aliphatic heterocycles. The average Bonchev–Trinajstić information content (AvgIpc) is 2.08. The van der Waals surface area contributed by atoms with Gasteiger partial charge in [0.1, 0.15) is 6.04 Å². The van der Waals surface area contributed by atoms with Crippen molar-refractivity contribution in [3.63, 3.8) is 0 Å². The number of nitrogens with zero attached hydrogens (tertiary/aromatic N) is 1. The van der Waals surface area contributed by atoms with Gasteiger partial charge in [-0.2, -0.15) is 0 Å². The lowest BCUT2D eigenvalue weighted by molar-refractivity contribution is -0.893. The molecule has 0 radical (unpaired) electrons. The first kappa shape index (κ1) is 10.2. The van der Waals surface area contributed by atoms with Gasteiger partial charge in [-0.25, -0.2) is 0 Å². The van der Waals surface area contributed by atoms with E-state index < -0.39 is 0 Å². The molecule has 1 N–H and O–H groups in total. The van der Waals surface area contributed by atoms with Crippen LogP contribution in [0.15, 0.2) is 0 Å².